The van der Waals surface area contributed by atoms with E-state index in [-0.39, 0.29) is 17.1 Å². The van der Waals surface area contributed by atoms with Crippen molar-refractivity contribution in [2.45, 2.75) is 0 Å². The van der Waals surface area contributed by atoms with E-state index in [9.17, 15) is 4.57 Å². The largest absolute Gasteiger partial charge is 0.748 e. The first-order valence-electron chi connectivity index (χ1n) is 3.99. The van der Waals surface area contributed by atoms with Gasteiger partial charge in [-0.25, -0.2) is 12.1 Å². The molecule has 0 aliphatic carbocycles. The molecule has 0 radical (unpaired) electrons. The minimum Gasteiger partial charge on any atom is -0.748 e. The predicted octanol–water partition coefficient (Wildman–Crippen LogP) is 4.10. The summed E-state index contributed by atoms with van der Waals surface area (Å²) in [5, 5.41) is 0.505. The minimum atomic E-state index is -3.03. The quantitative estimate of drug-likeness (QED) is 0.440. The molecule has 15 heavy (non-hydrogen) atoms. The summed E-state index contributed by atoms with van der Waals surface area (Å²) in [5.41, 5.74) is 0. The molecule has 1 nitrogen and oxygen atoms in total. The van der Waals surface area contributed by atoms with Crippen LogP contribution >= 0.6 is 28.3 Å². The normalized spacial score (nSPS) is 9.73. The van der Waals surface area contributed by atoms with Gasteiger partial charge in [-0.05, 0) is 22.5 Å². The van der Waals surface area contributed by atoms with E-state index < -0.39 is 5.85 Å². The van der Waals surface area contributed by atoms with Crippen LogP contribution in [-0.4, -0.2) is 0 Å². The van der Waals surface area contributed by atoms with Gasteiger partial charge in [0.15, 0.2) is 0 Å². The molecular formula is C10H9Cl2FeOP-6. The molecule has 0 N–H and O–H groups in total. The fourth-order valence-electron chi connectivity index (χ4n) is 0.858. The van der Waals surface area contributed by atoms with E-state index in [1.54, 1.807) is 24.3 Å². The standard InChI is InChI=1S/C5H4Cl2OP.C5H5.Fe/c6-9(7,8)5-3-1-2-4-5;1-2-4-5-3-1;/h1-4H;1-5H;/q-1;-5;. The van der Waals surface area contributed by atoms with Crippen LogP contribution in [0.5, 0.6) is 0 Å². The monoisotopic (exact) mass is 302 g/mol. The van der Waals surface area contributed by atoms with Crippen molar-refractivity contribution in [3.63, 3.8) is 0 Å². The molecule has 0 atom stereocenters. The van der Waals surface area contributed by atoms with Crippen LogP contribution in [0.2, 0.25) is 0 Å². The van der Waals surface area contributed by atoms with E-state index >= 15 is 0 Å². The third kappa shape index (κ3) is 6.25. The van der Waals surface area contributed by atoms with Gasteiger partial charge in [0.2, 0.25) is 5.85 Å². The molecule has 0 saturated heterocycles. The summed E-state index contributed by atoms with van der Waals surface area (Å²) in [4.78, 5) is 0. The molecular weight excluding hydrogens is 294 g/mol. The molecule has 0 amide bonds. The van der Waals surface area contributed by atoms with Gasteiger partial charge in [0, 0.05) is 17.1 Å². The minimum absolute atomic E-state index is 0. The predicted molar refractivity (Wildman–Crippen MR) is 63.0 cm³/mol. The topological polar surface area (TPSA) is 17.1 Å². The first kappa shape index (κ1) is 15.0. The van der Waals surface area contributed by atoms with Crippen LogP contribution in [0.3, 0.4) is 0 Å². The summed E-state index contributed by atoms with van der Waals surface area (Å²) in [5.74, 6) is -3.03. The smallest absolute Gasteiger partial charge is 0.232 e. The van der Waals surface area contributed by atoms with Crippen LogP contribution < -0.4 is 5.30 Å². The zero-order valence-electron chi connectivity index (χ0n) is 7.66. The Labute approximate surface area is 110 Å². The van der Waals surface area contributed by atoms with Crippen LogP contribution in [0.25, 0.3) is 0 Å². The van der Waals surface area contributed by atoms with E-state index in [0.29, 0.717) is 5.30 Å². The second-order valence-electron chi connectivity index (χ2n) is 2.57. The maximum Gasteiger partial charge on any atom is 0.232 e. The Morgan fingerprint density at radius 2 is 1.27 bits per heavy atom. The molecule has 0 unspecified atom stereocenters. The molecule has 0 aliphatic heterocycles. The number of hydrogen-bond donors (Lipinski definition) is 0. The molecule has 2 rings (SSSR count). The molecule has 0 aliphatic rings. The van der Waals surface area contributed by atoms with Crippen molar-refractivity contribution in [3.8, 4) is 0 Å². The Hall–Kier alpha value is 0.0295. The van der Waals surface area contributed by atoms with Crippen LogP contribution in [0.4, 0.5) is 0 Å². The van der Waals surface area contributed by atoms with Gasteiger partial charge >= 0.3 is 0 Å². The van der Waals surface area contributed by atoms with Gasteiger partial charge < -0.3 is 30.3 Å². The van der Waals surface area contributed by atoms with Crippen molar-refractivity contribution in [2.75, 3.05) is 0 Å². The molecule has 0 heterocycles. The Balaban J connectivity index is 0.000000280. The molecule has 0 bridgehead atoms. The van der Waals surface area contributed by atoms with E-state index in [4.69, 9.17) is 22.5 Å². The van der Waals surface area contributed by atoms with Gasteiger partial charge in [0.25, 0.3) is 0 Å². The first-order valence-corrected chi connectivity index (χ1v) is 7.51. The van der Waals surface area contributed by atoms with Crippen molar-refractivity contribution >= 4 is 33.6 Å². The molecule has 0 aromatic heterocycles. The maximum absolute atomic E-state index is 10.8. The molecule has 0 fully saturated rings. The average Bonchev–Trinajstić information content (AvgIpc) is 2.80. The van der Waals surface area contributed by atoms with Gasteiger partial charge in [0.1, 0.15) is 0 Å². The fraction of sp³-hybridized carbons (Fsp3) is 0. The summed E-state index contributed by atoms with van der Waals surface area (Å²) < 4.78 is 10.8. The Kier molecular flexibility index (Phi) is 7.34. The molecule has 5 heteroatoms. The van der Waals surface area contributed by atoms with Crippen LogP contribution in [0, 0.1) is 0 Å². The van der Waals surface area contributed by atoms with Gasteiger partial charge in [0.05, 0.1) is 0 Å². The van der Waals surface area contributed by atoms with Crippen LogP contribution in [0.1, 0.15) is 0 Å². The third-order valence-corrected chi connectivity index (χ3v) is 3.57. The SMILES string of the molecule is O=P(Cl)(Cl)[c-]1cccc1.[Fe].[cH-]1[cH-][cH-][cH-][cH-]1. The summed E-state index contributed by atoms with van der Waals surface area (Å²) in [6, 6.07) is 16.8. The average molecular weight is 303 g/mol. The summed E-state index contributed by atoms with van der Waals surface area (Å²) >= 11 is 10.6. The van der Waals surface area contributed by atoms with Crippen LogP contribution in [-0.2, 0) is 21.6 Å². The Morgan fingerprint density at radius 3 is 1.47 bits per heavy atom. The van der Waals surface area contributed by atoms with Gasteiger partial charge in [-0.3, -0.25) is 4.57 Å². The molecule has 88 valence electrons. The molecule has 0 spiro atoms. The van der Waals surface area contributed by atoms with Gasteiger partial charge in [-0.2, -0.15) is 12.1 Å². The fourth-order valence-corrected chi connectivity index (χ4v) is 2.05. The third-order valence-electron chi connectivity index (χ3n) is 1.50. The zero-order valence-corrected chi connectivity index (χ0v) is 11.2. The molecule has 2 aromatic rings. The molecule has 0 saturated carbocycles. The van der Waals surface area contributed by atoms with Crippen molar-refractivity contribution in [2.24, 2.45) is 0 Å². The first-order chi connectivity index (χ1) is 6.61. The van der Waals surface area contributed by atoms with E-state index in [2.05, 4.69) is 0 Å². The summed E-state index contributed by atoms with van der Waals surface area (Å²) in [6.45, 7) is 0. The second-order valence-corrected chi connectivity index (χ2v) is 7.38. The zero-order chi connectivity index (χ0) is 10.4. The van der Waals surface area contributed by atoms with Crippen molar-refractivity contribution in [1.82, 2.24) is 0 Å². The van der Waals surface area contributed by atoms with E-state index in [0.717, 1.165) is 0 Å². The number of rotatable bonds is 1. The van der Waals surface area contributed by atoms with E-state index in [1.165, 1.54) is 0 Å². The number of halogens is 2. The van der Waals surface area contributed by atoms with Gasteiger partial charge in [-0.15, -0.1) is 0 Å². The Bertz CT molecular complexity index is 360. The number of hydrogen-bond acceptors (Lipinski definition) is 1. The van der Waals surface area contributed by atoms with Gasteiger partial charge in [-0.1, -0.05) is 5.30 Å². The van der Waals surface area contributed by atoms with Crippen molar-refractivity contribution in [1.29, 1.82) is 0 Å². The second kappa shape index (κ2) is 7.33. The van der Waals surface area contributed by atoms with Crippen molar-refractivity contribution < 1.29 is 21.6 Å². The van der Waals surface area contributed by atoms with E-state index in [1.807, 2.05) is 30.3 Å². The summed E-state index contributed by atoms with van der Waals surface area (Å²) in [7, 11) is 0. The summed E-state index contributed by atoms with van der Waals surface area (Å²) in [6.07, 6.45) is 0. The Morgan fingerprint density at radius 1 is 0.933 bits per heavy atom. The van der Waals surface area contributed by atoms with Crippen LogP contribution in [0.15, 0.2) is 54.6 Å². The van der Waals surface area contributed by atoms with Crippen molar-refractivity contribution in [3.05, 3.63) is 54.6 Å². The maximum atomic E-state index is 10.8. The molecule has 2 aromatic carbocycles.